The summed E-state index contributed by atoms with van der Waals surface area (Å²) in [6.07, 6.45) is 1.14. The van der Waals surface area contributed by atoms with Crippen LogP contribution < -0.4 is 15.4 Å². The number of hydrogen-bond donors (Lipinski definition) is 2. The number of hydrogen-bond acceptors (Lipinski definition) is 6. The fourth-order valence-corrected chi connectivity index (χ4v) is 3.14. The van der Waals surface area contributed by atoms with E-state index < -0.39 is 18.5 Å². The van der Waals surface area contributed by atoms with Gasteiger partial charge < -0.3 is 20.1 Å². The van der Waals surface area contributed by atoms with Gasteiger partial charge in [-0.1, -0.05) is 11.6 Å². The number of aromatic nitrogens is 3. The lowest BCUT2D eigenvalue weighted by Gasteiger charge is -2.18. The summed E-state index contributed by atoms with van der Waals surface area (Å²) in [4.78, 5) is 25.4. The third kappa shape index (κ3) is 5.15. The second-order valence-corrected chi connectivity index (χ2v) is 7.06. The molecule has 0 aliphatic rings. The third-order valence-corrected chi connectivity index (χ3v) is 4.75. The molecule has 11 heteroatoms. The van der Waals surface area contributed by atoms with Crippen molar-refractivity contribution < 1.29 is 23.0 Å². The van der Waals surface area contributed by atoms with E-state index in [1.165, 1.54) is 19.2 Å². The Kier molecular flexibility index (Phi) is 6.81. The molecule has 8 nitrogen and oxygen atoms in total. The van der Waals surface area contributed by atoms with E-state index in [4.69, 9.17) is 16.3 Å². The summed E-state index contributed by atoms with van der Waals surface area (Å²) in [7, 11) is 1.55. The molecule has 3 rings (SSSR count). The van der Waals surface area contributed by atoms with Gasteiger partial charge in [-0.25, -0.2) is 9.78 Å². The molecule has 0 radical (unpaired) electrons. The Labute approximate surface area is 182 Å². The standard InChI is InChI=1S/C20H20ClF2N5O3/c1-9-5-6-13-17(25-9)16(11(3)30-4)15(8-24-13)28-20(29)27-14-7-12(21)18(26-10(14)2)31-19(22)23/h5-8,11,19H,1-4H3,(H2,27,28,29)/t11-/m1/s1. The predicted molar refractivity (Wildman–Crippen MR) is 113 cm³/mol. The Morgan fingerprint density at radius 1 is 1.16 bits per heavy atom. The highest BCUT2D eigenvalue weighted by Gasteiger charge is 2.19. The van der Waals surface area contributed by atoms with Crippen molar-refractivity contribution in [2.75, 3.05) is 17.7 Å². The largest absolute Gasteiger partial charge is 0.415 e. The summed E-state index contributed by atoms with van der Waals surface area (Å²) in [5, 5.41) is 5.15. The van der Waals surface area contributed by atoms with Crippen molar-refractivity contribution in [2.45, 2.75) is 33.5 Å². The number of pyridine rings is 3. The van der Waals surface area contributed by atoms with Gasteiger partial charge in [0.05, 0.1) is 40.4 Å². The number of anilines is 2. The molecule has 31 heavy (non-hydrogen) atoms. The molecule has 0 spiro atoms. The lowest BCUT2D eigenvalue weighted by molar-refractivity contribution is -0.0528. The van der Waals surface area contributed by atoms with Crippen LogP contribution in [0.4, 0.5) is 25.0 Å². The number of fused-ring (bicyclic) bond motifs is 1. The van der Waals surface area contributed by atoms with Crippen molar-refractivity contribution in [3.63, 3.8) is 0 Å². The number of carbonyl (C=O) groups is 1. The van der Waals surface area contributed by atoms with Crippen LogP contribution in [0.5, 0.6) is 5.88 Å². The maximum atomic E-state index is 12.6. The zero-order valence-corrected chi connectivity index (χ0v) is 17.9. The molecule has 0 saturated heterocycles. The zero-order valence-electron chi connectivity index (χ0n) is 17.2. The molecule has 3 aromatic rings. The van der Waals surface area contributed by atoms with Crippen LogP contribution >= 0.6 is 11.6 Å². The van der Waals surface area contributed by atoms with Gasteiger partial charge in [0.15, 0.2) is 0 Å². The molecule has 2 N–H and O–H groups in total. The summed E-state index contributed by atoms with van der Waals surface area (Å²) in [6.45, 7) is 2.14. The minimum Gasteiger partial charge on any atom is -0.415 e. The summed E-state index contributed by atoms with van der Waals surface area (Å²) >= 11 is 5.93. The van der Waals surface area contributed by atoms with E-state index in [0.29, 0.717) is 22.3 Å². The van der Waals surface area contributed by atoms with E-state index in [0.717, 1.165) is 5.69 Å². The van der Waals surface area contributed by atoms with Crippen LogP contribution in [0.25, 0.3) is 11.0 Å². The summed E-state index contributed by atoms with van der Waals surface area (Å²) in [6, 6.07) is 4.36. The lowest BCUT2D eigenvalue weighted by Crippen LogP contribution is -2.22. The highest BCUT2D eigenvalue weighted by atomic mass is 35.5. The Hall–Kier alpha value is -3.11. The lowest BCUT2D eigenvalue weighted by atomic mass is 10.1. The molecule has 0 aliphatic carbocycles. The molecule has 3 aromatic heterocycles. The molecule has 0 aliphatic heterocycles. The van der Waals surface area contributed by atoms with Crippen LogP contribution in [0.2, 0.25) is 5.02 Å². The van der Waals surface area contributed by atoms with Crippen molar-refractivity contribution in [2.24, 2.45) is 0 Å². The molecule has 164 valence electrons. The molecule has 0 saturated carbocycles. The normalized spacial score (nSPS) is 12.1. The number of urea groups is 1. The molecular formula is C20H20ClF2N5O3. The maximum absolute atomic E-state index is 12.6. The molecule has 0 aromatic carbocycles. The van der Waals surface area contributed by atoms with Crippen LogP contribution in [-0.2, 0) is 4.74 Å². The summed E-state index contributed by atoms with van der Waals surface area (Å²) in [5.74, 6) is -0.420. The van der Waals surface area contributed by atoms with Crippen LogP contribution in [-0.4, -0.2) is 34.7 Å². The number of ether oxygens (including phenoxy) is 2. The number of rotatable bonds is 6. The number of nitrogens with one attached hydrogen (secondary N) is 2. The van der Waals surface area contributed by atoms with Crippen molar-refractivity contribution >= 4 is 40.0 Å². The van der Waals surface area contributed by atoms with Gasteiger partial charge in [0.25, 0.3) is 0 Å². The number of amides is 2. The van der Waals surface area contributed by atoms with Crippen LogP contribution in [0.1, 0.15) is 30.0 Å². The SMILES string of the molecule is CO[C@H](C)c1c(NC(=O)Nc2cc(Cl)c(OC(F)F)nc2C)cnc2ccc(C)nc12. The first-order valence-electron chi connectivity index (χ1n) is 9.18. The first kappa shape index (κ1) is 22.6. The minimum atomic E-state index is -3.06. The summed E-state index contributed by atoms with van der Waals surface area (Å²) < 4.78 is 34.6. The van der Waals surface area contributed by atoms with E-state index >= 15 is 0 Å². The van der Waals surface area contributed by atoms with Gasteiger partial charge in [0.2, 0.25) is 5.88 Å². The topological polar surface area (TPSA) is 98.3 Å². The van der Waals surface area contributed by atoms with Gasteiger partial charge in [-0.05, 0) is 39.0 Å². The molecule has 2 amide bonds. The fourth-order valence-electron chi connectivity index (χ4n) is 2.94. The molecule has 0 fully saturated rings. The van der Waals surface area contributed by atoms with Crippen LogP contribution in [0.15, 0.2) is 24.4 Å². The number of methoxy groups -OCH3 is 1. The monoisotopic (exact) mass is 451 g/mol. The molecule has 0 bridgehead atoms. The van der Waals surface area contributed by atoms with E-state index in [9.17, 15) is 13.6 Å². The zero-order chi connectivity index (χ0) is 22.7. The van der Waals surface area contributed by atoms with E-state index in [1.54, 1.807) is 7.11 Å². The van der Waals surface area contributed by atoms with Crippen molar-refractivity contribution in [1.82, 2.24) is 15.0 Å². The number of halogens is 3. The number of carbonyl (C=O) groups excluding carboxylic acids is 1. The van der Waals surface area contributed by atoms with Gasteiger partial charge in [-0.3, -0.25) is 9.97 Å². The highest BCUT2D eigenvalue weighted by Crippen LogP contribution is 2.32. The molecule has 0 unspecified atom stereocenters. The molecule has 3 heterocycles. The van der Waals surface area contributed by atoms with Gasteiger partial charge in [0, 0.05) is 18.4 Å². The van der Waals surface area contributed by atoms with Crippen LogP contribution in [0, 0.1) is 13.8 Å². The second kappa shape index (κ2) is 9.36. The van der Waals surface area contributed by atoms with Crippen LogP contribution in [0.3, 0.4) is 0 Å². The van der Waals surface area contributed by atoms with Gasteiger partial charge in [-0.2, -0.15) is 8.78 Å². The second-order valence-electron chi connectivity index (χ2n) is 6.65. The van der Waals surface area contributed by atoms with E-state index in [1.807, 2.05) is 26.0 Å². The van der Waals surface area contributed by atoms with Crippen molar-refractivity contribution in [3.8, 4) is 5.88 Å². The summed E-state index contributed by atoms with van der Waals surface area (Å²) in [5.41, 5.74) is 3.62. The Morgan fingerprint density at radius 3 is 2.55 bits per heavy atom. The minimum absolute atomic E-state index is 0.165. The van der Waals surface area contributed by atoms with E-state index in [-0.39, 0.29) is 22.5 Å². The average Bonchev–Trinajstić information content (AvgIpc) is 2.70. The Bertz CT molecular complexity index is 1130. The van der Waals surface area contributed by atoms with Crippen molar-refractivity contribution in [3.05, 3.63) is 46.4 Å². The quantitative estimate of drug-likeness (QED) is 0.531. The van der Waals surface area contributed by atoms with Gasteiger partial charge in [-0.15, -0.1) is 0 Å². The third-order valence-electron chi connectivity index (χ3n) is 4.48. The van der Waals surface area contributed by atoms with Gasteiger partial charge in [0.1, 0.15) is 5.02 Å². The first-order chi connectivity index (χ1) is 14.7. The van der Waals surface area contributed by atoms with E-state index in [2.05, 4.69) is 30.3 Å². The first-order valence-corrected chi connectivity index (χ1v) is 9.56. The molecule has 1 atom stereocenters. The van der Waals surface area contributed by atoms with Crippen molar-refractivity contribution in [1.29, 1.82) is 0 Å². The Balaban J connectivity index is 1.89. The smallest absolute Gasteiger partial charge is 0.388 e. The Morgan fingerprint density at radius 2 is 1.87 bits per heavy atom. The number of aryl methyl sites for hydroxylation is 2. The van der Waals surface area contributed by atoms with Gasteiger partial charge >= 0.3 is 12.6 Å². The number of alkyl halides is 2. The average molecular weight is 452 g/mol. The molecular weight excluding hydrogens is 432 g/mol. The maximum Gasteiger partial charge on any atom is 0.388 e. The number of nitrogens with zero attached hydrogens (tertiary/aromatic N) is 3. The highest BCUT2D eigenvalue weighted by molar-refractivity contribution is 6.32. The fraction of sp³-hybridized carbons (Fsp3) is 0.300. The predicted octanol–water partition coefficient (Wildman–Crippen LogP) is 5.25.